The third-order valence-electron chi connectivity index (χ3n) is 2.56. The van der Waals surface area contributed by atoms with E-state index in [4.69, 9.17) is 5.73 Å². The second-order valence-electron chi connectivity index (χ2n) is 3.72. The van der Waals surface area contributed by atoms with Crippen molar-refractivity contribution in [3.63, 3.8) is 0 Å². The molecule has 0 spiro atoms. The summed E-state index contributed by atoms with van der Waals surface area (Å²) < 4.78 is 11.9. The maximum absolute atomic E-state index is 11.9. The number of nitrogens with two attached hydrogens (primary N) is 1. The fraction of sp³-hybridized carbons (Fsp3) is 0.455. The molecule has 1 aromatic carbocycles. The van der Waals surface area contributed by atoms with Crippen molar-refractivity contribution < 1.29 is 4.39 Å². The van der Waals surface area contributed by atoms with E-state index in [9.17, 15) is 4.39 Å². The standard InChI is InChI=1S/C11H14FNS/c12-7-8-14-10-3-1-9(2-4-10)11(13)5-6-11/h1-4H,5-8,13H2. The topological polar surface area (TPSA) is 26.0 Å². The minimum absolute atomic E-state index is 0.0523. The number of halogens is 1. The van der Waals surface area contributed by atoms with Gasteiger partial charge in [-0.15, -0.1) is 11.8 Å². The minimum atomic E-state index is -0.271. The van der Waals surface area contributed by atoms with Crippen LogP contribution in [0.2, 0.25) is 0 Å². The van der Waals surface area contributed by atoms with Gasteiger partial charge in [0.25, 0.3) is 0 Å². The van der Waals surface area contributed by atoms with Crippen molar-refractivity contribution in [3.05, 3.63) is 29.8 Å². The molecule has 1 aliphatic carbocycles. The van der Waals surface area contributed by atoms with Crippen LogP contribution in [0, 0.1) is 0 Å². The maximum Gasteiger partial charge on any atom is 0.0988 e. The van der Waals surface area contributed by atoms with Gasteiger partial charge in [0.1, 0.15) is 0 Å². The van der Waals surface area contributed by atoms with Gasteiger partial charge in [-0.1, -0.05) is 12.1 Å². The van der Waals surface area contributed by atoms with Crippen LogP contribution in [0.5, 0.6) is 0 Å². The van der Waals surface area contributed by atoms with Gasteiger partial charge in [-0.05, 0) is 30.5 Å². The summed E-state index contributed by atoms with van der Waals surface area (Å²) >= 11 is 1.54. The molecule has 76 valence electrons. The molecular weight excluding hydrogens is 197 g/mol. The first-order valence-electron chi connectivity index (χ1n) is 4.83. The molecular formula is C11H14FNS. The van der Waals surface area contributed by atoms with Gasteiger partial charge in [-0.2, -0.15) is 0 Å². The molecule has 3 heteroatoms. The Bertz CT molecular complexity index is 306. The molecule has 0 radical (unpaired) electrons. The molecule has 0 saturated heterocycles. The molecule has 0 aliphatic heterocycles. The summed E-state index contributed by atoms with van der Waals surface area (Å²) in [5.41, 5.74) is 7.21. The molecule has 0 heterocycles. The van der Waals surface area contributed by atoms with Gasteiger partial charge in [0, 0.05) is 16.2 Å². The number of benzene rings is 1. The van der Waals surface area contributed by atoms with Gasteiger partial charge in [0.05, 0.1) is 6.67 Å². The number of alkyl halides is 1. The molecule has 0 unspecified atom stereocenters. The van der Waals surface area contributed by atoms with Gasteiger partial charge in [0.2, 0.25) is 0 Å². The van der Waals surface area contributed by atoms with Crippen molar-refractivity contribution in [1.82, 2.24) is 0 Å². The van der Waals surface area contributed by atoms with E-state index < -0.39 is 0 Å². The summed E-state index contributed by atoms with van der Waals surface area (Å²) in [6, 6.07) is 8.19. The largest absolute Gasteiger partial charge is 0.321 e. The van der Waals surface area contributed by atoms with Gasteiger partial charge in [-0.3, -0.25) is 4.39 Å². The second kappa shape index (κ2) is 3.91. The highest BCUT2D eigenvalue weighted by molar-refractivity contribution is 7.99. The van der Waals surface area contributed by atoms with E-state index in [-0.39, 0.29) is 12.2 Å². The third kappa shape index (κ3) is 2.10. The Morgan fingerprint density at radius 1 is 1.29 bits per heavy atom. The minimum Gasteiger partial charge on any atom is -0.321 e. The first-order chi connectivity index (χ1) is 6.74. The molecule has 1 aromatic rings. The molecule has 0 aromatic heterocycles. The fourth-order valence-corrected chi connectivity index (χ4v) is 2.10. The van der Waals surface area contributed by atoms with E-state index in [0.29, 0.717) is 5.75 Å². The lowest BCUT2D eigenvalue weighted by atomic mass is 10.1. The van der Waals surface area contributed by atoms with Crippen molar-refractivity contribution in [2.75, 3.05) is 12.4 Å². The third-order valence-corrected chi connectivity index (χ3v) is 3.53. The Balaban J connectivity index is 2.03. The van der Waals surface area contributed by atoms with Crippen LogP contribution in [-0.2, 0) is 5.54 Å². The number of hydrogen-bond donors (Lipinski definition) is 1. The first kappa shape index (κ1) is 9.99. The molecule has 14 heavy (non-hydrogen) atoms. The van der Waals surface area contributed by atoms with Crippen LogP contribution in [-0.4, -0.2) is 12.4 Å². The molecule has 1 saturated carbocycles. The fourth-order valence-electron chi connectivity index (χ4n) is 1.46. The molecule has 1 aliphatic rings. The maximum atomic E-state index is 11.9. The van der Waals surface area contributed by atoms with Gasteiger partial charge in [-0.25, -0.2) is 0 Å². The predicted molar refractivity (Wildman–Crippen MR) is 58.2 cm³/mol. The van der Waals surface area contributed by atoms with E-state index in [1.807, 2.05) is 12.1 Å². The molecule has 1 fully saturated rings. The molecule has 0 amide bonds. The SMILES string of the molecule is NC1(c2ccc(SCCF)cc2)CC1. The normalized spacial score (nSPS) is 18.1. The zero-order chi connectivity index (χ0) is 10.0. The highest BCUT2D eigenvalue weighted by atomic mass is 32.2. The summed E-state index contributed by atoms with van der Waals surface area (Å²) in [6.07, 6.45) is 2.17. The van der Waals surface area contributed by atoms with Crippen molar-refractivity contribution in [2.45, 2.75) is 23.3 Å². The van der Waals surface area contributed by atoms with Crippen LogP contribution in [0.3, 0.4) is 0 Å². The first-order valence-corrected chi connectivity index (χ1v) is 5.81. The highest BCUT2D eigenvalue weighted by Crippen LogP contribution is 2.42. The quantitative estimate of drug-likeness (QED) is 0.775. The smallest absolute Gasteiger partial charge is 0.0988 e. The number of thioether (sulfide) groups is 1. The Kier molecular flexibility index (Phi) is 2.79. The lowest BCUT2D eigenvalue weighted by molar-refractivity contribution is 0.533. The van der Waals surface area contributed by atoms with Crippen LogP contribution in [0.4, 0.5) is 4.39 Å². The van der Waals surface area contributed by atoms with Gasteiger partial charge < -0.3 is 5.73 Å². The van der Waals surface area contributed by atoms with E-state index in [2.05, 4.69) is 12.1 Å². The molecule has 2 rings (SSSR count). The number of hydrogen-bond acceptors (Lipinski definition) is 2. The van der Waals surface area contributed by atoms with Crippen LogP contribution >= 0.6 is 11.8 Å². The predicted octanol–water partition coefficient (Wildman–Crippen LogP) is 2.70. The van der Waals surface area contributed by atoms with E-state index in [0.717, 1.165) is 17.7 Å². The van der Waals surface area contributed by atoms with E-state index in [1.54, 1.807) is 11.8 Å². The summed E-state index contributed by atoms with van der Waals surface area (Å²) in [5.74, 6) is 0.535. The summed E-state index contributed by atoms with van der Waals surface area (Å²) in [7, 11) is 0. The van der Waals surface area contributed by atoms with Crippen LogP contribution < -0.4 is 5.73 Å². The lowest BCUT2D eigenvalue weighted by Gasteiger charge is -2.09. The van der Waals surface area contributed by atoms with Crippen molar-refractivity contribution >= 4 is 11.8 Å². The Labute approximate surface area is 87.9 Å². The Hall–Kier alpha value is -0.540. The lowest BCUT2D eigenvalue weighted by Crippen LogP contribution is -2.18. The average Bonchev–Trinajstić information content (AvgIpc) is 2.96. The van der Waals surface area contributed by atoms with E-state index >= 15 is 0 Å². The molecule has 0 bridgehead atoms. The summed E-state index contributed by atoms with van der Waals surface area (Å²) in [4.78, 5) is 1.12. The van der Waals surface area contributed by atoms with E-state index in [1.165, 1.54) is 5.56 Å². The molecule has 2 N–H and O–H groups in total. The summed E-state index contributed by atoms with van der Waals surface area (Å²) in [6.45, 7) is -0.271. The Morgan fingerprint density at radius 3 is 2.43 bits per heavy atom. The Morgan fingerprint density at radius 2 is 1.93 bits per heavy atom. The second-order valence-corrected chi connectivity index (χ2v) is 4.89. The molecule has 1 nitrogen and oxygen atoms in total. The van der Waals surface area contributed by atoms with Gasteiger partial charge in [0.15, 0.2) is 0 Å². The van der Waals surface area contributed by atoms with Crippen LogP contribution in [0.15, 0.2) is 29.2 Å². The highest BCUT2D eigenvalue weighted by Gasteiger charge is 2.39. The average molecular weight is 211 g/mol. The van der Waals surface area contributed by atoms with Gasteiger partial charge >= 0.3 is 0 Å². The zero-order valence-electron chi connectivity index (χ0n) is 8.00. The molecule has 0 atom stereocenters. The van der Waals surface area contributed by atoms with Crippen molar-refractivity contribution in [1.29, 1.82) is 0 Å². The zero-order valence-corrected chi connectivity index (χ0v) is 8.82. The van der Waals surface area contributed by atoms with Crippen LogP contribution in [0.25, 0.3) is 0 Å². The van der Waals surface area contributed by atoms with Crippen molar-refractivity contribution in [2.24, 2.45) is 5.73 Å². The number of rotatable bonds is 4. The van der Waals surface area contributed by atoms with Crippen molar-refractivity contribution in [3.8, 4) is 0 Å². The monoisotopic (exact) mass is 211 g/mol. The van der Waals surface area contributed by atoms with Crippen LogP contribution in [0.1, 0.15) is 18.4 Å². The summed E-state index contributed by atoms with van der Waals surface area (Å²) in [5, 5.41) is 0.